The molecule has 0 N–H and O–H groups in total. The zero-order valence-electron chi connectivity index (χ0n) is 23.6. The van der Waals surface area contributed by atoms with Crippen LogP contribution in [0.25, 0.3) is 0 Å². The second-order valence-corrected chi connectivity index (χ2v) is 13.0. The molecule has 0 atom stereocenters. The first kappa shape index (κ1) is 29.2. The van der Waals surface area contributed by atoms with Crippen molar-refractivity contribution in [3.05, 3.63) is 24.3 Å². The summed E-state index contributed by atoms with van der Waals surface area (Å²) in [4.78, 5) is 0. The summed E-state index contributed by atoms with van der Waals surface area (Å²) in [6, 6.07) is 0. The number of rotatable bonds is 11. The van der Waals surface area contributed by atoms with Gasteiger partial charge in [0.25, 0.3) is 6.08 Å². The number of allylic oxidation sites excluding steroid dienone is 3. The van der Waals surface area contributed by atoms with Crippen molar-refractivity contribution in [2.45, 2.75) is 129 Å². The van der Waals surface area contributed by atoms with Gasteiger partial charge in [0, 0.05) is 12.3 Å². The minimum absolute atomic E-state index is 0.304. The molecule has 1 saturated heterocycles. The van der Waals surface area contributed by atoms with Crippen molar-refractivity contribution in [1.29, 1.82) is 0 Å². The predicted molar refractivity (Wildman–Crippen MR) is 148 cm³/mol. The summed E-state index contributed by atoms with van der Waals surface area (Å²) >= 11 is 0. The second kappa shape index (κ2) is 15.8. The van der Waals surface area contributed by atoms with Gasteiger partial charge in [-0.15, -0.1) is 0 Å². The fourth-order valence-corrected chi connectivity index (χ4v) is 8.17. The topological polar surface area (TPSA) is 18.5 Å². The maximum absolute atomic E-state index is 12.2. The fourth-order valence-electron chi connectivity index (χ4n) is 8.17. The largest absolute Gasteiger partial charge is 0.352 e. The van der Waals surface area contributed by atoms with Crippen molar-refractivity contribution in [2.75, 3.05) is 13.2 Å². The van der Waals surface area contributed by atoms with Crippen LogP contribution in [0.3, 0.4) is 0 Å². The zero-order valence-corrected chi connectivity index (χ0v) is 23.6. The molecule has 0 aromatic heterocycles. The summed E-state index contributed by atoms with van der Waals surface area (Å²) in [5, 5.41) is 0. The maximum atomic E-state index is 12.2. The van der Waals surface area contributed by atoms with E-state index in [2.05, 4.69) is 19.1 Å². The average molecular weight is 521 g/mol. The Morgan fingerprint density at radius 2 is 1.14 bits per heavy atom. The molecule has 0 aromatic rings. The van der Waals surface area contributed by atoms with E-state index in [4.69, 9.17) is 9.47 Å². The first-order valence-corrected chi connectivity index (χ1v) is 16.0. The lowest BCUT2D eigenvalue weighted by atomic mass is 9.68. The van der Waals surface area contributed by atoms with Gasteiger partial charge in [0.1, 0.15) is 0 Å². The van der Waals surface area contributed by atoms with Crippen molar-refractivity contribution in [3.63, 3.8) is 0 Å². The van der Waals surface area contributed by atoms with Gasteiger partial charge in [-0.3, -0.25) is 0 Å². The lowest BCUT2D eigenvalue weighted by Gasteiger charge is -2.38. The summed E-state index contributed by atoms with van der Waals surface area (Å²) in [5.41, 5.74) is 0. The Morgan fingerprint density at radius 3 is 1.62 bits per heavy atom. The molecule has 2 nitrogen and oxygen atoms in total. The quantitative estimate of drug-likeness (QED) is 0.199. The monoisotopic (exact) mass is 520 g/mol. The number of ether oxygens (including phenoxy) is 2. The van der Waals surface area contributed by atoms with E-state index in [1.807, 2.05) is 0 Å². The van der Waals surface area contributed by atoms with Gasteiger partial charge in [-0.25, -0.2) is 0 Å². The van der Waals surface area contributed by atoms with Crippen molar-refractivity contribution in [3.8, 4) is 0 Å². The van der Waals surface area contributed by atoms with Gasteiger partial charge in [0.15, 0.2) is 6.29 Å². The van der Waals surface area contributed by atoms with Crippen LogP contribution in [0.2, 0.25) is 0 Å². The zero-order chi connectivity index (χ0) is 25.9. The van der Waals surface area contributed by atoms with Crippen LogP contribution < -0.4 is 0 Å². The van der Waals surface area contributed by atoms with E-state index < -0.39 is 6.08 Å². The molecule has 1 aliphatic heterocycles. The third kappa shape index (κ3) is 9.75. The molecule has 3 aliphatic carbocycles. The molecule has 4 fully saturated rings. The van der Waals surface area contributed by atoms with Gasteiger partial charge in [0.2, 0.25) is 0 Å². The summed E-state index contributed by atoms with van der Waals surface area (Å²) in [6.45, 7) is 3.64. The lowest BCUT2D eigenvalue weighted by molar-refractivity contribution is -0.211. The highest BCUT2D eigenvalue weighted by Gasteiger charge is 2.32. The highest BCUT2D eigenvalue weighted by atomic mass is 19.3. The molecule has 1 heterocycles. The van der Waals surface area contributed by atoms with E-state index in [0.29, 0.717) is 24.7 Å². The predicted octanol–water partition coefficient (Wildman–Crippen LogP) is 10.1. The summed E-state index contributed by atoms with van der Waals surface area (Å²) in [6.07, 6.45) is 27.6. The fraction of sp³-hybridized carbons (Fsp3) is 0.879. The van der Waals surface area contributed by atoms with Gasteiger partial charge in [-0.1, -0.05) is 63.5 Å². The van der Waals surface area contributed by atoms with Gasteiger partial charge >= 0.3 is 0 Å². The van der Waals surface area contributed by atoms with Gasteiger partial charge in [-0.05, 0) is 106 Å². The Kier molecular flexibility index (Phi) is 12.5. The minimum atomic E-state index is -1.61. The molecule has 4 rings (SSSR count). The van der Waals surface area contributed by atoms with Crippen molar-refractivity contribution < 1.29 is 18.3 Å². The average Bonchev–Trinajstić information content (AvgIpc) is 2.93. The molecule has 4 heteroatoms. The Morgan fingerprint density at radius 1 is 0.649 bits per heavy atom. The van der Waals surface area contributed by atoms with Crippen LogP contribution >= 0.6 is 0 Å². The molecular weight excluding hydrogens is 466 g/mol. The Balaban J connectivity index is 1.01. The normalized spacial score (nSPS) is 37.5. The summed E-state index contributed by atoms with van der Waals surface area (Å²) < 4.78 is 36.1. The van der Waals surface area contributed by atoms with Crippen molar-refractivity contribution in [2.24, 2.45) is 41.4 Å². The van der Waals surface area contributed by atoms with Crippen molar-refractivity contribution >= 4 is 0 Å². The van der Waals surface area contributed by atoms with Crippen LogP contribution in [0, 0.1) is 41.4 Å². The van der Waals surface area contributed by atoms with E-state index >= 15 is 0 Å². The highest BCUT2D eigenvalue weighted by molar-refractivity contribution is 4.91. The number of hydrogen-bond acceptors (Lipinski definition) is 2. The summed E-state index contributed by atoms with van der Waals surface area (Å²) in [5.74, 6) is 6.07. The molecular formula is C33H54F2O2. The van der Waals surface area contributed by atoms with Gasteiger partial charge < -0.3 is 9.47 Å². The lowest BCUT2D eigenvalue weighted by Crippen LogP contribution is -2.37. The van der Waals surface area contributed by atoms with Crippen LogP contribution in [0.5, 0.6) is 0 Å². The van der Waals surface area contributed by atoms with E-state index in [0.717, 1.165) is 48.9 Å². The molecule has 212 valence electrons. The van der Waals surface area contributed by atoms with Crippen LogP contribution in [0.1, 0.15) is 122 Å². The second-order valence-electron chi connectivity index (χ2n) is 13.0. The Labute approximate surface area is 226 Å². The molecule has 0 unspecified atom stereocenters. The summed E-state index contributed by atoms with van der Waals surface area (Å²) in [7, 11) is 0. The third-order valence-electron chi connectivity index (χ3n) is 10.6. The Hall–Kier alpha value is -0.740. The minimum Gasteiger partial charge on any atom is -0.352 e. The van der Waals surface area contributed by atoms with E-state index in [-0.39, 0.29) is 6.29 Å². The van der Waals surface area contributed by atoms with Crippen LogP contribution in [-0.4, -0.2) is 19.5 Å². The number of hydrogen-bond donors (Lipinski definition) is 0. The van der Waals surface area contributed by atoms with Crippen LogP contribution in [-0.2, 0) is 9.47 Å². The molecule has 0 bridgehead atoms. The maximum Gasteiger partial charge on any atom is 0.266 e. The van der Waals surface area contributed by atoms with E-state index in [1.165, 1.54) is 103 Å². The SMILES string of the molecule is C/C=C/C1CCC(C2CCC(CCCCC3CCC(C4COC(CCC=C(F)F)OC4)CC3)CC2)CC1. The molecule has 3 saturated carbocycles. The van der Waals surface area contributed by atoms with Crippen LogP contribution in [0.4, 0.5) is 8.78 Å². The number of halogens is 2. The van der Waals surface area contributed by atoms with Crippen LogP contribution in [0.15, 0.2) is 24.3 Å². The molecule has 4 aliphatic rings. The van der Waals surface area contributed by atoms with E-state index in [9.17, 15) is 8.78 Å². The molecule has 0 radical (unpaired) electrons. The smallest absolute Gasteiger partial charge is 0.266 e. The molecule has 37 heavy (non-hydrogen) atoms. The molecule has 0 aromatic carbocycles. The first-order valence-electron chi connectivity index (χ1n) is 16.0. The molecule has 0 amide bonds. The highest BCUT2D eigenvalue weighted by Crippen LogP contribution is 2.43. The first-order chi connectivity index (χ1) is 18.1. The van der Waals surface area contributed by atoms with Crippen molar-refractivity contribution in [1.82, 2.24) is 0 Å². The standard InChI is InChI=1S/C33H54F2O2/c1-2-6-25-11-17-28(18-12-25)29-19-13-26(14-20-29)7-3-4-8-27-15-21-30(22-16-27)31-23-36-33(37-24-31)10-5-9-32(34)35/h2,6,9,25-31,33H,3-5,7-8,10-24H2,1H3/b6-2+. The molecule has 0 spiro atoms. The van der Waals surface area contributed by atoms with Gasteiger partial charge in [-0.2, -0.15) is 8.78 Å². The Bertz CT molecular complexity index is 670. The van der Waals surface area contributed by atoms with E-state index in [1.54, 1.807) is 0 Å². The number of unbranched alkanes of at least 4 members (excludes halogenated alkanes) is 1. The third-order valence-corrected chi connectivity index (χ3v) is 10.6. The van der Waals surface area contributed by atoms with Gasteiger partial charge in [0.05, 0.1) is 13.2 Å².